The Kier molecular flexibility index (Phi) is 6.11. The summed E-state index contributed by atoms with van der Waals surface area (Å²) in [5.41, 5.74) is 0.644. The van der Waals surface area contributed by atoms with Crippen LogP contribution in [0, 0.1) is 16.0 Å². The van der Waals surface area contributed by atoms with Gasteiger partial charge in [-0.15, -0.1) is 0 Å². The molecule has 1 aliphatic heterocycles. The minimum absolute atomic E-state index is 0.0157. The minimum Gasteiger partial charge on any atom is -0.465 e. The van der Waals surface area contributed by atoms with Gasteiger partial charge in [-0.3, -0.25) is 14.9 Å². The maximum Gasteiger partial charge on any atom is 0.410 e. The summed E-state index contributed by atoms with van der Waals surface area (Å²) in [4.78, 5) is 35.4. The normalized spacial score (nSPS) is 16.7. The topological polar surface area (TPSA) is 99.0 Å². The Morgan fingerprint density at radius 1 is 1.29 bits per heavy atom. The number of hydrogen-bond donors (Lipinski definition) is 0. The van der Waals surface area contributed by atoms with E-state index in [4.69, 9.17) is 9.47 Å². The van der Waals surface area contributed by atoms with Crippen LogP contribution < -0.4 is 0 Å². The predicted molar refractivity (Wildman–Crippen MR) is 84.2 cm³/mol. The van der Waals surface area contributed by atoms with Crippen molar-refractivity contribution < 1.29 is 24.0 Å². The molecule has 8 heteroatoms. The number of non-ortho nitro benzene ring substituents is 1. The van der Waals surface area contributed by atoms with E-state index in [2.05, 4.69) is 0 Å². The molecule has 0 aromatic heterocycles. The van der Waals surface area contributed by atoms with Crippen molar-refractivity contribution in [3.8, 4) is 0 Å². The second-order valence-electron chi connectivity index (χ2n) is 5.58. The van der Waals surface area contributed by atoms with E-state index in [-0.39, 0.29) is 24.2 Å². The highest BCUT2D eigenvalue weighted by Gasteiger charge is 2.32. The van der Waals surface area contributed by atoms with E-state index in [9.17, 15) is 19.7 Å². The van der Waals surface area contributed by atoms with Gasteiger partial charge in [0.15, 0.2) is 0 Å². The molecule has 1 saturated heterocycles. The lowest BCUT2D eigenvalue weighted by Gasteiger charge is -2.16. The van der Waals surface area contributed by atoms with Crippen molar-refractivity contribution in [2.75, 3.05) is 19.7 Å². The molecule has 0 spiro atoms. The number of benzene rings is 1. The van der Waals surface area contributed by atoms with E-state index in [1.165, 1.54) is 17.0 Å². The Balaban J connectivity index is 1.79. The van der Waals surface area contributed by atoms with E-state index >= 15 is 0 Å². The molecule has 0 radical (unpaired) electrons. The zero-order valence-electron chi connectivity index (χ0n) is 13.5. The molecule has 0 aliphatic carbocycles. The van der Waals surface area contributed by atoms with Crippen LogP contribution in [0.1, 0.15) is 25.3 Å². The number of rotatable bonds is 6. The summed E-state index contributed by atoms with van der Waals surface area (Å²) in [5.74, 6) is -0.578. The highest BCUT2D eigenvalue weighted by atomic mass is 16.6. The Hall–Kier alpha value is -2.64. The van der Waals surface area contributed by atoms with Crippen molar-refractivity contribution in [3.05, 3.63) is 39.9 Å². The van der Waals surface area contributed by atoms with Gasteiger partial charge in [-0.05, 0) is 30.5 Å². The molecule has 1 aromatic carbocycles. The molecular weight excluding hydrogens is 316 g/mol. The Morgan fingerprint density at radius 2 is 2.00 bits per heavy atom. The van der Waals surface area contributed by atoms with Crippen LogP contribution in [0.15, 0.2) is 24.3 Å². The molecule has 8 nitrogen and oxygen atoms in total. The van der Waals surface area contributed by atoms with Gasteiger partial charge in [-0.1, -0.05) is 6.92 Å². The summed E-state index contributed by atoms with van der Waals surface area (Å²) >= 11 is 0. The van der Waals surface area contributed by atoms with Crippen molar-refractivity contribution in [2.45, 2.75) is 26.4 Å². The minimum atomic E-state index is -0.501. The first-order chi connectivity index (χ1) is 11.5. The molecule has 1 unspecified atom stereocenters. The second-order valence-corrected chi connectivity index (χ2v) is 5.58. The van der Waals surface area contributed by atoms with Gasteiger partial charge < -0.3 is 14.4 Å². The van der Waals surface area contributed by atoms with Crippen LogP contribution >= 0.6 is 0 Å². The average molecular weight is 336 g/mol. The number of nitro groups is 1. The zero-order valence-corrected chi connectivity index (χ0v) is 13.5. The van der Waals surface area contributed by atoms with E-state index in [0.717, 1.165) is 6.42 Å². The average Bonchev–Trinajstić information content (AvgIpc) is 3.08. The summed E-state index contributed by atoms with van der Waals surface area (Å²) in [6.07, 6.45) is 0.827. The largest absolute Gasteiger partial charge is 0.465 e. The molecule has 130 valence electrons. The first-order valence-electron chi connectivity index (χ1n) is 7.83. The van der Waals surface area contributed by atoms with Gasteiger partial charge >= 0.3 is 12.1 Å². The number of hydrogen-bond acceptors (Lipinski definition) is 6. The van der Waals surface area contributed by atoms with E-state index < -0.39 is 11.0 Å². The molecule has 0 bridgehead atoms. The van der Waals surface area contributed by atoms with Gasteiger partial charge in [-0.2, -0.15) is 0 Å². The molecule has 1 aromatic rings. The van der Waals surface area contributed by atoms with Crippen LogP contribution in [0.5, 0.6) is 0 Å². The van der Waals surface area contributed by atoms with Crippen molar-refractivity contribution in [3.63, 3.8) is 0 Å². The number of nitrogens with zero attached hydrogens (tertiary/aromatic N) is 2. The van der Waals surface area contributed by atoms with E-state index in [1.54, 1.807) is 12.1 Å². The van der Waals surface area contributed by atoms with Crippen LogP contribution in [0.25, 0.3) is 0 Å². The van der Waals surface area contributed by atoms with Gasteiger partial charge in [0.05, 0.1) is 17.4 Å². The van der Waals surface area contributed by atoms with Crippen LogP contribution in [-0.4, -0.2) is 41.6 Å². The van der Waals surface area contributed by atoms with Crippen molar-refractivity contribution in [2.24, 2.45) is 5.92 Å². The summed E-state index contributed by atoms with van der Waals surface area (Å²) in [6, 6.07) is 5.80. The second kappa shape index (κ2) is 8.28. The summed E-state index contributed by atoms with van der Waals surface area (Å²) in [7, 11) is 0. The first kappa shape index (κ1) is 17.7. The van der Waals surface area contributed by atoms with Crippen LogP contribution in [0.2, 0.25) is 0 Å². The molecular formula is C16H20N2O6. The van der Waals surface area contributed by atoms with E-state index in [1.807, 2.05) is 6.92 Å². The Bertz CT molecular complexity index is 601. The number of ether oxygens (including phenoxy) is 2. The maximum absolute atomic E-state index is 12.0. The number of amides is 1. The number of carbonyl (C=O) groups excluding carboxylic acids is 2. The lowest BCUT2D eigenvalue weighted by atomic mass is 10.1. The smallest absolute Gasteiger partial charge is 0.410 e. The Morgan fingerprint density at radius 3 is 2.62 bits per heavy atom. The van der Waals surface area contributed by atoms with Gasteiger partial charge in [0, 0.05) is 25.2 Å². The monoisotopic (exact) mass is 336 g/mol. The number of esters is 1. The van der Waals surface area contributed by atoms with Crippen molar-refractivity contribution in [1.29, 1.82) is 0 Å². The third-order valence-electron chi connectivity index (χ3n) is 3.74. The molecule has 1 atom stereocenters. The summed E-state index contributed by atoms with van der Waals surface area (Å²) in [5, 5.41) is 10.6. The van der Waals surface area contributed by atoms with Crippen LogP contribution in [-0.2, 0) is 20.9 Å². The number of likely N-dealkylation sites (tertiary alicyclic amines) is 1. The standard InChI is InChI=1S/C16H20N2O6/c1-2-9-23-15(19)13-7-8-17(10-13)16(20)24-11-12-3-5-14(6-4-12)18(21)22/h3-6,13H,2,7-11H2,1H3. The SMILES string of the molecule is CCCOC(=O)C1CCN(C(=O)OCc2ccc([N+](=O)[O-])cc2)C1. The highest BCUT2D eigenvalue weighted by molar-refractivity contribution is 5.75. The molecule has 0 saturated carbocycles. The Labute approximate surface area is 139 Å². The van der Waals surface area contributed by atoms with Crippen molar-refractivity contribution >= 4 is 17.7 Å². The molecule has 1 aliphatic rings. The molecule has 1 heterocycles. The maximum atomic E-state index is 12.0. The van der Waals surface area contributed by atoms with Crippen LogP contribution in [0.4, 0.5) is 10.5 Å². The third-order valence-corrected chi connectivity index (χ3v) is 3.74. The lowest BCUT2D eigenvalue weighted by molar-refractivity contribution is -0.384. The number of carbonyl (C=O) groups is 2. The highest BCUT2D eigenvalue weighted by Crippen LogP contribution is 2.19. The van der Waals surface area contributed by atoms with Gasteiger partial charge in [0.2, 0.25) is 0 Å². The fourth-order valence-electron chi connectivity index (χ4n) is 2.39. The number of nitro benzene ring substituents is 1. The summed E-state index contributed by atoms with van der Waals surface area (Å²) in [6.45, 7) is 3.08. The van der Waals surface area contributed by atoms with Gasteiger partial charge in [0.25, 0.3) is 5.69 Å². The van der Waals surface area contributed by atoms with E-state index in [0.29, 0.717) is 31.7 Å². The predicted octanol–water partition coefficient (Wildman–Crippen LogP) is 2.51. The van der Waals surface area contributed by atoms with Gasteiger partial charge in [0.1, 0.15) is 6.61 Å². The van der Waals surface area contributed by atoms with Crippen LogP contribution in [0.3, 0.4) is 0 Å². The first-order valence-corrected chi connectivity index (χ1v) is 7.83. The third kappa shape index (κ3) is 4.68. The fourth-order valence-corrected chi connectivity index (χ4v) is 2.39. The van der Waals surface area contributed by atoms with Crippen molar-refractivity contribution in [1.82, 2.24) is 4.90 Å². The fraction of sp³-hybridized carbons (Fsp3) is 0.500. The van der Waals surface area contributed by atoms with Gasteiger partial charge in [-0.25, -0.2) is 4.79 Å². The molecule has 0 N–H and O–H groups in total. The summed E-state index contributed by atoms with van der Waals surface area (Å²) < 4.78 is 10.3. The zero-order chi connectivity index (χ0) is 17.5. The molecule has 24 heavy (non-hydrogen) atoms. The quantitative estimate of drug-likeness (QED) is 0.449. The molecule has 2 rings (SSSR count). The lowest BCUT2D eigenvalue weighted by Crippen LogP contribution is -2.30. The molecule has 1 fully saturated rings. The molecule has 1 amide bonds.